The summed E-state index contributed by atoms with van der Waals surface area (Å²) in [5.41, 5.74) is 0.0941. The van der Waals surface area contributed by atoms with Crippen LogP contribution in [0.25, 0.3) is 0 Å². The number of ether oxygens (including phenoxy) is 2. The Labute approximate surface area is 183 Å². The van der Waals surface area contributed by atoms with Gasteiger partial charge in [0.15, 0.2) is 12.4 Å². The predicted octanol–water partition coefficient (Wildman–Crippen LogP) is 3.40. The molecule has 2 aromatic rings. The number of nitro benzene ring substituents is 1. The van der Waals surface area contributed by atoms with Gasteiger partial charge in [-0.25, -0.2) is 0 Å². The van der Waals surface area contributed by atoms with Gasteiger partial charge in [-0.2, -0.15) is 5.26 Å². The van der Waals surface area contributed by atoms with Crippen LogP contribution in [-0.2, 0) is 14.3 Å². The van der Waals surface area contributed by atoms with Crippen molar-refractivity contribution < 1.29 is 28.8 Å². The molecule has 0 heterocycles. The first-order valence-corrected chi connectivity index (χ1v) is 9.74. The lowest BCUT2D eigenvalue weighted by Crippen LogP contribution is -2.21. The van der Waals surface area contributed by atoms with Crippen LogP contribution < -0.4 is 10.1 Å². The number of amides is 1. The number of anilines is 1. The quantitative estimate of drug-likeness (QED) is 0.242. The molecule has 0 saturated carbocycles. The summed E-state index contributed by atoms with van der Waals surface area (Å²) in [5.74, 6) is -1.06. The molecular weight excluding hydrogens is 418 g/mol. The Hall–Kier alpha value is -4.26. The highest BCUT2D eigenvalue weighted by Crippen LogP contribution is 2.21. The van der Waals surface area contributed by atoms with Gasteiger partial charge in [0.1, 0.15) is 11.8 Å². The van der Waals surface area contributed by atoms with Crippen molar-refractivity contribution in [2.75, 3.05) is 18.5 Å². The van der Waals surface area contributed by atoms with E-state index in [0.717, 1.165) is 18.6 Å². The number of non-ortho nitro benzene ring substituents is 1. The van der Waals surface area contributed by atoms with Crippen molar-refractivity contribution in [1.29, 1.82) is 5.26 Å². The molecular formula is C22H21N3O7. The summed E-state index contributed by atoms with van der Waals surface area (Å²) in [7, 11) is 0. The van der Waals surface area contributed by atoms with E-state index in [1.807, 2.05) is 6.92 Å². The van der Waals surface area contributed by atoms with Crippen molar-refractivity contribution in [2.24, 2.45) is 0 Å². The lowest BCUT2D eigenvalue weighted by molar-refractivity contribution is -0.384. The van der Waals surface area contributed by atoms with E-state index in [9.17, 15) is 24.5 Å². The van der Waals surface area contributed by atoms with Gasteiger partial charge >= 0.3 is 5.97 Å². The third-order valence-electron chi connectivity index (χ3n) is 4.18. The maximum atomic E-state index is 12.2. The van der Waals surface area contributed by atoms with E-state index >= 15 is 0 Å². The predicted molar refractivity (Wildman–Crippen MR) is 113 cm³/mol. The Morgan fingerprint density at radius 1 is 1.12 bits per heavy atom. The molecule has 1 amide bonds. The van der Waals surface area contributed by atoms with Gasteiger partial charge in [-0.15, -0.1) is 0 Å². The second-order valence-corrected chi connectivity index (χ2v) is 6.60. The topological polar surface area (TPSA) is 149 Å². The van der Waals surface area contributed by atoms with Gasteiger partial charge in [0.25, 0.3) is 11.6 Å². The van der Waals surface area contributed by atoms with Crippen molar-refractivity contribution in [3.63, 3.8) is 0 Å². The van der Waals surface area contributed by atoms with Crippen LogP contribution in [-0.4, -0.2) is 35.8 Å². The average molecular weight is 439 g/mol. The summed E-state index contributed by atoms with van der Waals surface area (Å²) in [6, 6.07) is 11.7. The van der Waals surface area contributed by atoms with Crippen LogP contribution in [0, 0.1) is 21.4 Å². The minimum absolute atomic E-state index is 0.0562. The van der Waals surface area contributed by atoms with E-state index in [1.54, 1.807) is 30.3 Å². The molecule has 0 spiro atoms. The zero-order valence-corrected chi connectivity index (χ0v) is 17.3. The minimum Gasteiger partial charge on any atom is -0.494 e. The molecule has 0 saturated heterocycles. The summed E-state index contributed by atoms with van der Waals surface area (Å²) >= 11 is 0. The molecule has 10 heteroatoms. The van der Waals surface area contributed by atoms with Crippen LogP contribution in [0.3, 0.4) is 0 Å². The molecule has 0 fully saturated rings. The van der Waals surface area contributed by atoms with Crippen molar-refractivity contribution in [1.82, 2.24) is 0 Å². The second kappa shape index (κ2) is 11.8. The first-order valence-electron chi connectivity index (χ1n) is 9.74. The van der Waals surface area contributed by atoms with Gasteiger partial charge in [0, 0.05) is 24.1 Å². The third kappa shape index (κ3) is 7.21. The Bertz CT molecular complexity index is 1040. The molecule has 0 aliphatic rings. The average Bonchev–Trinajstić information content (AvgIpc) is 2.80. The number of esters is 1. The molecule has 0 aliphatic carbocycles. The third-order valence-corrected chi connectivity index (χ3v) is 4.18. The van der Waals surface area contributed by atoms with Gasteiger partial charge in [-0.1, -0.05) is 6.92 Å². The van der Waals surface area contributed by atoms with Gasteiger partial charge < -0.3 is 14.8 Å². The Morgan fingerprint density at radius 2 is 1.84 bits per heavy atom. The molecule has 10 nitrogen and oxygen atoms in total. The highest BCUT2D eigenvalue weighted by atomic mass is 16.6. The number of Topliss-reactive ketones (excluding diaryl/α,β-unsaturated/α-hetero) is 1. The van der Waals surface area contributed by atoms with Gasteiger partial charge in [-0.3, -0.25) is 24.5 Å². The molecule has 0 unspecified atom stereocenters. The fourth-order valence-electron chi connectivity index (χ4n) is 2.57. The molecule has 0 atom stereocenters. The lowest BCUT2D eigenvalue weighted by atomic mass is 10.1. The summed E-state index contributed by atoms with van der Waals surface area (Å²) in [6.07, 6.45) is 0.575. The van der Waals surface area contributed by atoms with Crippen molar-refractivity contribution >= 4 is 29.0 Å². The molecule has 2 aromatic carbocycles. The Balaban J connectivity index is 1.79. The van der Waals surface area contributed by atoms with E-state index in [1.165, 1.54) is 6.07 Å². The van der Waals surface area contributed by atoms with Crippen LogP contribution >= 0.6 is 0 Å². The van der Waals surface area contributed by atoms with E-state index in [4.69, 9.17) is 14.7 Å². The standard InChI is InChI=1S/C22H21N3O7/c1-2-11-31-18-6-3-15(4-7-18)20(26)9-10-22(28)32-14-21(27)24-19-8-5-17(25(29)30)12-16(19)13-23/h3-8,12H,2,9-11,14H2,1H3,(H,24,27). The number of rotatable bonds is 11. The van der Waals surface area contributed by atoms with Crippen LogP contribution in [0.5, 0.6) is 5.75 Å². The minimum atomic E-state index is -0.736. The zero-order valence-electron chi connectivity index (χ0n) is 17.3. The summed E-state index contributed by atoms with van der Waals surface area (Å²) in [6.45, 7) is 1.94. The van der Waals surface area contributed by atoms with Gasteiger partial charge in [0.05, 0.1) is 29.2 Å². The fraction of sp³-hybridized carbons (Fsp3) is 0.273. The largest absolute Gasteiger partial charge is 0.494 e. The van der Waals surface area contributed by atoms with Crippen LogP contribution in [0.2, 0.25) is 0 Å². The molecule has 1 N–H and O–H groups in total. The Morgan fingerprint density at radius 3 is 2.47 bits per heavy atom. The number of hydrogen-bond acceptors (Lipinski definition) is 8. The van der Waals surface area contributed by atoms with Crippen molar-refractivity contribution in [3.05, 3.63) is 63.7 Å². The number of nitrogens with one attached hydrogen (secondary N) is 1. The maximum absolute atomic E-state index is 12.2. The molecule has 32 heavy (non-hydrogen) atoms. The monoisotopic (exact) mass is 439 g/mol. The summed E-state index contributed by atoms with van der Waals surface area (Å²) < 4.78 is 10.3. The van der Waals surface area contributed by atoms with Crippen molar-refractivity contribution in [3.8, 4) is 11.8 Å². The molecule has 2 rings (SSSR count). The number of carbonyl (C=O) groups is 3. The molecule has 0 bridgehead atoms. The number of benzene rings is 2. The highest BCUT2D eigenvalue weighted by molar-refractivity contribution is 5.98. The van der Waals surface area contributed by atoms with E-state index < -0.39 is 23.4 Å². The normalized spacial score (nSPS) is 10.0. The Kier molecular flexibility index (Phi) is 8.86. The van der Waals surface area contributed by atoms with E-state index in [-0.39, 0.29) is 35.6 Å². The number of nitro groups is 1. The molecule has 0 aromatic heterocycles. The SMILES string of the molecule is CCCOc1ccc(C(=O)CCC(=O)OCC(=O)Nc2ccc([N+](=O)[O-])cc2C#N)cc1. The smallest absolute Gasteiger partial charge is 0.306 e. The number of carbonyl (C=O) groups excluding carboxylic acids is 3. The highest BCUT2D eigenvalue weighted by Gasteiger charge is 2.15. The first-order chi connectivity index (χ1) is 15.3. The summed E-state index contributed by atoms with van der Waals surface area (Å²) in [5, 5.41) is 22.2. The maximum Gasteiger partial charge on any atom is 0.306 e. The first kappa shape index (κ1) is 24.0. The molecule has 0 aliphatic heterocycles. The number of nitrogens with zero attached hydrogens (tertiary/aromatic N) is 2. The number of hydrogen-bond donors (Lipinski definition) is 1. The van der Waals surface area contributed by atoms with Crippen molar-refractivity contribution in [2.45, 2.75) is 26.2 Å². The summed E-state index contributed by atoms with van der Waals surface area (Å²) in [4.78, 5) is 46.1. The van der Waals surface area contributed by atoms with Gasteiger partial charge in [-0.05, 0) is 36.8 Å². The van der Waals surface area contributed by atoms with E-state index in [2.05, 4.69) is 5.32 Å². The number of ketones is 1. The number of nitriles is 1. The zero-order chi connectivity index (χ0) is 23.5. The van der Waals surface area contributed by atoms with Crippen LogP contribution in [0.4, 0.5) is 11.4 Å². The van der Waals surface area contributed by atoms with E-state index in [0.29, 0.717) is 17.9 Å². The van der Waals surface area contributed by atoms with Crippen LogP contribution in [0.1, 0.15) is 42.1 Å². The van der Waals surface area contributed by atoms with Crippen LogP contribution in [0.15, 0.2) is 42.5 Å². The molecule has 0 radical (unpaired) electrons. The second-order valence-electron chi connectivity index (χ2n) is 6.60. The lowest BCUT2D eigenvalue weighted by Gasteiger charge is -2.08. The van der Waals surface area contributed by atoms with Gasteiger partial charge in [0.2, 0.25) is 0 Å². The molecule has 166 valence electrons. The fourth-order valence-corrected chi connectivity index (χ4v) is 2.57.